The Labute approximate surface area is 234 Å². The average molecular weight is 517 g/mol. The van der Waals surface area contributed by atoms with E-state index in [-0.39, 0.29) is 0 Å². The molecule has 1 aromatic heterocycles. The normalized spacial score (nSPS) is 11.1. The minimum Gasteiger partial charge on any atom is -0.456 e. The van der Waals surface area contributed by atoms with Crippen molar-refractivity contribution in [3.05, 3.63) is 157 Å². The molecular weight excluding hydrogens is 488 g/mol. The van der Waals surface area contributed by atoms with E-state index >= 15 is 0 Å². The highest BCUT2D eigenvalue weighted by Gasteiger charge is 2.23. The van der Waals surface area contributed by atoms with Gasteiger partial charge in [-0.2, -0.15) is 0 Å². The first-order chi connectivity index (χ1) is 19.8. The second-order valence-corrected chi connectivity index (χ2v) is 9.95. The van der Waals surface area contributed by atoms with Crippen molar-refractivity contribution in [3.63, 3.8) is 0 Å². The Morgan fingerprint density at radius 1 is 0.400 bits per heavy atom. The number of hydrogen-bond acceptors (Lipinski definition) is 3. The van der Waals surface area contributed by atoms with Crippen LogP contribution in [-0.4, -0.2) is 0 Å². The largest absolute Gasteiger partial charge is 0.456 e. The summed E-state index contributed by atoms with van der Waals surface area (Å²) in [5.74, 6) is 0. The Hall–Kier alpha value is -5.28. The van der Waals surface area contributed by atoms with Crippen LogP contribution in [0.3, 0.4) is 0 Å². The van der Waals surface area contributed by atoms with Gasteiger partial charge in [0.2, 0.25) is 0 Å². The highest BCUT2D eigenvalue weighted by molar-refractivity contribution is 6.06. The molecule has 0 spiro atoms. The number of para-hydroxylation sites is 4. The third-order valence-corrected chi connectivity index (χ3v) is 7.28. The van der Waals surface area contributed by atoms with Gasteiger partial charge < -0.3 is 14.2 Å². The van der Waals surface area contributed by atoms with E-state index in [1.54, 1.807) is 0 Å². The monoisotopic (exact) mass is 516 g/mol. The van der Waals surface area contributed by atoms with Crippen LogP contribution in [-0.2, 0) is 0 Å². The van der Waals surface area contributed by atoms with Crippen molar-refractivity contribution < 1.29 is 4.42 Å². The number of furan rings is 1. The Balaban J connectivity index is 1.48. The first-order valence-corrected chi connectivity index (χ1v) is 13.5. The van der Waals surface area contributed by atoms with Crippen molar-refractivity contribution >= 4 is 56.1 Å². The highest BCUT2D eigenvalue weighted by atomic mass is 16.3. The van der Waals surface area contributed by atoms with Gasteiger partial charge in [0.15, 0.2) is 0 Å². The minimum atomic E-state index is 0.872. The number of aryl methyl sites for hydroxylation is 1. The lowest BCUT2D eigenvalue weighted by Crippen LogP contribution is -2.17. The number of nitrogens with zero attached hydrogens (tertiary/aromatic N) is 2. The van der Waals surface area contributed by atoms with E-state index in [2.05, 4.69) is 156 Å². The standard InChI is InChI=1S/C37H28N2O/c1-27-21-24-34(38(28-13-5-2-6-14-28)29-15-7-3-8-16-29)35(25-27)39(30-17-9-4-10-18-30)31-22-23-33-32-19-11-12-20-36(32)40-37(33)26-31/h2-26H,1H3. The fourth-order valence-corrected chi connectivity index (χ4v) is 5.44. The molecule has 0 fully saturated rings. The molecular formula is C37H28N2O. The van der Waals surface area contributed by atoms with Gasteiger partial charge in [0.25, 0.3) is 0 Å². The molecule has 0 aliphatic carbocycles. The Morgan fingerprint density at radius 2 is 0.925 bits per heavy atom. The van der Waals surface area contributed by atoms with Crippen LogP contribution in [0.1, 0.15) is 5.56 Å². The number of fused-ring (bicyclic) bond motifs is 3. The lowest BCUT2D eigenvalue weighted by Gasteiger charge is -2.33. The van der Waals surface area contributed by atoms with Crippen molar-refractivity contribution in [1.29, 1.82) is 0 Å². The van der Waals surface area contributed by atoms with Gasteiger partial charge >= 0.3 is 0 Å². The van der Waals surface area contributed by atoms with E-state index in [0.29, 0.717) is 0 Å². The van der Waals surface area contributed by atoms with Gasteiger partial charge in [0.05, 0.1) is 11.4 Å². The summed E-state index contributed by atoms with van der Waals surface area (Å²) in [5.41, 5.74) is 9.42. The maximum absolute atomic E-state index is 6.32. The maximum Gasteiger partial charge on any atom is 0.137 e. The number of anilines is 6. The first-order valence-electron chi connectivity index (χ1n) is 13.5. The predicted octanol–water partition coefficient (Wildman–Crippen LogP) is 10.8. The fraction of sp³-hybridized carbons (Fsp3) is 0.0270. The summed E-state index contributed by atoms with van der Waals surface area (Å²) in [6, 6.07) is 53.1. The van der Waals surface area contributed by atoms with Crippen molar-refractivity contribution in [2.75, 3.05) is 9.80 Å². The molecule has 0 aliphatic heterocycles. The molecule has 0 aliphatic rings. The summed E-state index contributed by atoms with van der Waals surface area (Å²) >= 11 is 0. The maximum atomic E-state index is 6.32. The van der Waals surface area contributed by atoms with Gasteiger partial charge in [0, 0.05) is 39.6 Å². The zero-order chi connectivity index (χ0) is 26.9. The number of benzene rings is 6. The molecule has 1 heterocycles. The molecule has 3 heteroatoms. The average Bonchev–Trinajstić information content (AvgIpc) is 3.38. The van der Waals surface area contributed by atoms with Crippen LogP contribution in [0.25, 0.3) is 21.9 Å². The van der Waals surface area contributed by atoms with E-state index in [1.165, 1.54) is 5.56 Å². The lowest BCUT2D eigenvalue weighted by molar-refractivity contribution is 0.669. The summed E-state index contributed by atoms with van der Waals surface area (Å²) in [6.07, 6.45) is 0. The zero-order valence-corrected chi connectivity index (χ0v) is 22.2. The van der Waals surface area contributed by atoms with Gasteiger partial charge in [-0.05, 0) is 79.2 Å². The Bertz CT molecular complexity index is 1870. The number of rotatable bonds is 6. The second-order valence-electron chi connectivity index (χ2n) is 9.95. The lowest BCUT2D eigenvalue weighted by atomic mass is 10.1. The molecule has 3 nitrogen and oxygen atoms in total. The topological polar surface area (TPSA) is 19.6 Å². The van der Waals surface area contributed by atoms with Crippen molar-refractivity contribution in [2.45, 2.75) is 6.92 Å². The molecule has 7 aromatic rings. The van der Waals surface area contributed by atoms with Gasteiger partial charge in [-0.15, -0.1) is 0 Å². The van der Waals surface area contributed by atoms with E-state index in [0.717, 1.165) is 56.1 Å². The van der Waals surface area contributed by atoms with Crippen molar-refractivity contribution in [2.24, 2.45) is 0 Å². The van der Waals surface area contributed by atoms with Crippen LogP contribution in [0, 0.1) is 6.92 Å². The molecule has 7 rings (SSSR count). The third kappa shape index (κ3) is 4.28. The van der Waals surface area contributed by atoms with Gasteiger partial charge in [-0.25, -0.2) is 0 Å². The fourth-order valence-electron chi connectivity index (χ4n) is 5.44. The zero-order valence-electron chi connectivity index (χ0n) is 22.2. The van der Waals surface area contributed by atoms with Gasteiger partial charge in [-0.1, -0.05) is 78.9 Å². The summed E-state index contributed by atoms with van der Waals surface area (Å²) in [4.78, 5) is 4.65. The van der Waals surface area contributed by atoms with Crippen LogP contribution in [0.5, 0.6) is 0 Å². The van der Waals surface area contributed by atoms with E-state index in [9.17, 15) is 0 Å². The SMILES string of the molecule is Cc1ccc(N(c2ccccc2)c2ccccc2)c(N(c2ccccc2)c2ccc3c(c2)oc2ccccc23)c1. The van der Waals surface area contributed by atoms with Crippen LogP contribution < -0.4 is 9.80 Å². The van der Waals surface area contributed by atoms with Crippen molar-refractivity contribution in [3.8, 4) is 0 Å². The predicted molar refractivity (Wildman–Crippen MR) is 168 cm³/mol. The summed E-state index contributed by atoms with van der Waals surface area (Å²) in [7, 11) is 0. The van der Waals surface area contributed by atoms with Crippen LogP contribution in [0.15, 0.2) is 156 Å². The quantitative estimate of drug-likeness (QED) is 0.219. The molecule has 40 heavy (non-hydrogen) atoms. The van der Waals surface area contributed by atoms with E-state index in [1.807, 2.05) is 12.1 Å². The minimum absolute atomic E-state index is 0.872. The summed E-state index contributed by atoms with van der Waals surface area (Å²) in [6.45, 7) is 2.15. The Morgan fingerprint density at radius 3 is 1.55 bits per heavy atom. The molecule has 0 bridgehead atoms. The summed E-state index contributed by atoms with van der Waals surface area (Å²) < 4.78 is 6.32. The summed E-state index contributed by atoms with van der Waals surface area (Å²) in [5, 5.41) is 2.25. The van der Waals surface area contributed by atoms with Crippen LogP contribution in [0.2, 0.25) is 0 Å². The van der Waals surface area contributed by atoms with Crippen molar-refractivity contribution in [1.82, 2.24) is 0 Å². The molecule has 0 amide bonds. The molecule has 0 N–H and O–H groups in total. The molecule has 192 valence electrons. The molecule has 0 radical (unpaired) electrons. The molecule has 0 saturated heterocycles. The van der Waals surface area contributed by atoms with Crippen LogP contribution in [0.4, 0.5) is 34.1 Å². The molecule has 0 unspecified atom stereocenters. The number of hydrogen-bond donors (Lipinski definition) is 0. The molecule has 0 atom stereocenters. The second kappa shape index (κ2) is 10.1. The highest BCUT2D eigenvalue weighted by Crippen LogP contribution is 2.46. The first kappa shape index (κ1) is 23.8. The molecule has 0 saturated carbocycles. The van der Waals surface area contributed by atoms with Gasteiger partial charge in [0.1, 0.15) is 11.2 Å². The molecule has 6 aromatic carbocycles. The Kier molecular flexibility index (Phi) is 6.02. The third-order valence-electron chi connectivity index (χ3n) is 7.28. The van der Waals surface area contributed by atoms with Crippen LogP contribution >= 0.6 is 0 Å². The van der Waals surface area contributed by atoms with Gasteiger partial charge in [-0.3, -0.25) is 0 Å². The smallest absolute Gasteiger partial charge is 0.137 e. The van der Waals surface area contributed by atoms with E-state index in [4.69, 9.17) is 4.42 Å². The van der Waals surface area contributed by atoms with E-state index < -0.39 is 0 Å².